The summed E-state index contributed by atoms with van der Waals surface area (Å²) in [5.41, 5.74) is 2.03. The van der Waals surface area contributed by atoms with Crippen LogP contribution in [0.25, 0.3) is 0 Å². The van der Waals surface area contributed by atoms with Gasteiger partial charge in [0.05, 0.1) is 6.61 Å². The van der Waals surface area contributed by atoms with Gasteiger partial charge in [0.25, 0.3) is 0 Å². The molecule has 0 aliphatic carbocycles. The maximum atomic E-state index is 5.80. The quantitative estimate of drug-likeness (QED) is 0.768. The van der Waals surface area contributed by atoms with Gasteiger partial charge in [0.1, 0.15) is 0 Å². The first-order valence-corrected chi connectivity index (χ1v) is 7.09. The van der Waals surface area contributed by atoms with Gasteiger partial charge in [-0.3, -0.25) is 0 Å². The van der Waals surface area contributed by atoms with Gasteiger partial charge in [0.15, 0.2) is 0 Å². The maximum Gasteiger partial charge on any atom is 0.213 e. The fraction of sp³-hybridized carbons (Fsp3) is 0.643. The van der Waals surface area contributed by atoms with Gasteiger partial charge in [-0.05, 0) is 45.3 Å². The average Bonchev–Trinajstić information content (AvgIpc) is 2.75. The molecule has 0 N–H and O–H groups in total. The van der Waals surface area contributed by atoms with Crippen molar-refractivity contribution >= 4 is 11.6 Å². The van der Waals surface area contributed by atoms with Crippen molar-refractivity contribution in [1.29, 1.82) is 0 Å². The highest BCUT2D eigenvalue weighted by Gasteiger charge is 2.20. The Kier molecular flexibility index (Phi) is 4.84. The number of aromatic nitrogens is 1. The summed E-state index contributed by atoms with van der Waals surface area (Å²) in [7, 11) is 2.19. The molecule has 1 aromatic heterocycles. The minimum absolute atomic E-state index is 0.506. The lowest BCUT2D eigenvalue weighted by Crippen LogP contribution is -2.26. The van der Waals surface area contributed by atoms with Gasteiger partial charge in [-0.15, -0.1) is 11.6 Å². The number of hydrogen-bond donors (Lipinski definition) is 0. The minimum atomic E-state index is 0.506. The highest BCUT2D eigenvalue weighted by Crippen LogP contribution is 2.19. The van der Waals surface area contributed by atoms with E-state index in [2.05, 4.69) is 16.9 Å². The van der Waals surface area contributed by atoms with Crippen LogP contribution in [0, 0.1) is 6.92 Å². The van der Waals surface area contributed by atoms with Crippen LogP contribution in [0.15, 0.2) is 12.1 Å². The van der Waals surface area contributed by atoms with Gasteiger partial charge in [-0.2, -0.15) is 0 Å². The molecule has 1 aliphatic rings. The molecule has 0 amide bonds. The van der Waals surface area contributed by atoms with Crippen LogP contribution in [0.1, 0.15) is 30.5 Å². The van der Waals surface area contributed by atoms with Gasteiger partial charge < -0.3 is 9.64 Å². The van der Waals surface area contributed by atoms with Crippen LogP contribution in [0.4, 0.5) is 0 Å². The van der Waals surface area contributed by atoms with Gasteiger partial charge in [-0.1, -0.05) is 6.07 Å². The molecule has 0 radical (unpaired) electrons. The molecule has 1 aromatic rings. The average molecular weight is 269 g/mol. The highest BCUT2D eigenvalue weighted by atomic mass is 35.5. The van der Waals surface area contributed by atoms with E-state index in [9.17, 15) is 0 Å². The maximum absolute atomic E-state index is 5.80. The molecule has 0 aromatic carbocycles. The van der Waals surface area contributed by atoms with E-state index in [-0.39, 0.29) is 0 Å². The molecule has 1 atom stereocenters. The Morgan fingerprint density at radius 3 is 2.94 bits per heavy atom. The largest absolute Gasteiger partial charge is 0.478 e. The lowest BCUT2D eigenvalue weighted by molar-refractivity contribution is 0.228. The zero-order chi connectivity index (χ0) is 13.0. The van der Waals surface area contributed by atoms with Crippen molar-refractivity contribution in [2.24, 2.45) is 0 Å². The van der Waals surface area contributed by atoms with Crippen molar-refractivity contribution in [2.45, 2.75) is 38.1 Å². The van der Waals surface area contributed by atoms with Crippen LogP contribution in [-0.4, -0.2) is 36.1 Å². The second-order valence-electron chi connectivity index (χ2n) is 4.94. The van der Waals surface area contributed by atoms with Crippen molar-refractivity contribution in [2.75, 3.05) is 20.2 Å². The molecule has 1 unspecified atom stereocenters. The zero-order valence-electron chi connectivity index (χ0n) is 11.2. The van der Waals surface area contributed by atoms with Crippen LogP contribution in [0.3, 0.4) is 0 Å². The zero-order valence-corrected chi connectivity index (χ0v) is 11.9. The van der Waals surface area contributed by atoms with E-state index in [1.165, 1.54) is 19.4 Å². The molecule has 0 spiro atoms. The molecule has 1 aliphatic heterocycles. The third-order valence-corrected chi connectivity index (χ3v) is 3.97. The fourth-order valence-electron chi connectivity index (χ4n) is 2.43. The first-order valence-electron chi connectivity index (χ1n) is 6.56. The molecule has 1 saturated heterocycles. The van der Waals surface area contributed by atoms with Crippen LogP contribution in [0.5, 0.6) is 5.88 Å². The molecule has 4 heteroatoms. The van der Waals surface area contributed by atoms with Crippen molar-refractivity contribution in [3.8, 4) is 5.88 Å². The van der Waals surface area contributed by atoms with Crippen LogP contribution in [0.2, 0.25) is 0 Å². The first-order chi connectivity index (χ1) is 8.70. The number of nitrogens with zero attached hydrogens (tertiary/aromatic N) is 2. The molecule has 3 nitrogen and oxygen atoms in total. The smallest absolute Gasteiger partial charge is 0.213 e. The lowest BCUT2D eigenvalue weighted by atomic mass is 10.1. The standard InChI is InChI=1S/C14H21ClN2O/c1-11-12(10-15)5-6-14(16-11)18-9-7-13-4-3-8-17(13)2/h5-6,13H,3-4,7-10H2,1-2H3. The Hall–Kier alpha value is -0.800. The summed E-state index contributed by atoms with van der Waals surface area (Å²) in [6.07, 6.45) is 3.68. The Balaban J connectivity index is 1.81. The molecule has 18 heavy (non-hydrogen) atoms. The summed E-state index contributed by atoms with van der Waals surface area (Å²) in [6.45, 7) is 3.92. The number of alkyl halides is 1. The molecule has 0 bridgehead atoms. The van der Waals surface area contributed by atoms with Crippen LogP contribution >= 0.6 is 11.6 Å². The molecule has 2 rings (SSSR count). The predicted molar refractivity (Wildman–Crippen MR) is 74.3 cm³/mol. The topological polar surface area (TPSA) is 25.4 Å². The number of pyridine rings is 1. The van der Waals surface area contributed by atoms with E-state index >= 15 is 0 Å². The van der Waals surface area contributed by atoms with E-state index < -0.39 is 0 Å². The SMILES string of the molecule is Cc1nc(OCCC2CCCN2C)ccc1CCl. The van der Waals surface area contributed by atoms with Crippen LogP contribution < -0.4 is 4.74 Å². The van der Waals surface area contributed by atoms with Crippen molar-refractivity contribution in [3.63, 3.8) is 0 Å². The summed E-state index contributed by atoms with van der Waals surface area (Å²) >= 11 is 5.80. The Labute approximate surface area is 114 Å². The second-order valence-corrected chi connectivity index (χ2v) is 5.21. The van der Waals surface area contributed by atoms with E-state index in [0.29, 0.717) is 17.8 Å². The number of rotatable bonds is 5. The van der Waals surface area contributed by atoms with E-state index in [4.69, 9.17) is 16.3 Å². The number of ether oxygens (including phenoxy) is 1. The lowest BCUT2D eigenvalue weighted by Gasteiger charge is -2.19. The molecule has 100 valence electrons. The number of hydrogen-bond acceptors (Lipinski definition) is 3. The summed E-state index contributed by atoms with van der Waals surface area (Å²) in [6, 6.07) is 4.57. The van der Waals surface area contributed by atoms with Crippen molar-refractivity contribution in [1.82, 2.24) is 9.88 Å². The summed E-state index contributed by atoms with van der Waals surface area (Å²) in [5, 5.41) is 0. The molecule has 1 fully saturated rings. The van der Waals surface area contributed by atoms with Crippen LogP contribution in [-0.2, 0) is 5.88 Å². The van der Waals surface area contributed by atoms with E-state index in [1.807, 2.05) is 19.1 Å². The minimum Gasteiger partial charge on any atom is -0.478 e. The van der Waals surface area contributed by atoms with Gasteiger partial charge in [0, 0.05) is 23.7 Å². The van der Waals surface area contributed by atoms with Gasteiger partial charge in [-0.25, -0.2) is 4.98 Å². The Morgan fingerprint density at radius 2 is 2.33 bits per heavy atom. The monoisotopic (exact) mass is 268 g/mol. The Morgan fingerprint density at radius 1 is 1.50 bits per heavy atom. The third kappa shape index (κ3) is 3.36. The normalized spacial score (nSPS) is 20.3. The molecular weight excluding hydrogens is 248 g/mol. The Bertz CT molecular complexity index is 397. The number of halogens is 1. The molecule has 2 heterocycles. The van der Waals surface area contributed by atoms with E-state index in [1.54, 1.807) is 0 Å². The first kappa shape index (κ1) is 13.6. The summed E-state index contributed by atoms with van der Waals surface area (Å²) < 4.78 is 5.72. The fourth-order valence-corrected chi connectivity index (χ4v) is 2.71. The summed E-state index contributed by atoms with van der Waals surface area (Å²) in [5.74, 6) is 1.22. The van der Waals surface area contributed by atoms with Gasteiger partial charge in [0.2, 0.25) is 5.88 Å². The van der Waals surface area contributed by atoms with E-state index in [0.717, 1.165) is 24.3 Å². The van der Waals surface area contributed by atoms with Gasteiger partial charge >= 0.3 is 0 Å². The van der Waals surface area contributed by atoms with Crippen molar-refractivity contribution < 1.29 is 4.74 Å². The number of likely N-dealkylation sites (tertiary alicyclic amines) is 1. The summed E-state index contributed by atoms with van der Waals surface area (Å²) in [4.78, 5) is 6.82. The predicted octanol–water partition coefficient (Wildman–Crippen LogP) is 2.99. The number of aryl methyl sites for hydroxylation is 1. The highest BCUT2D eigenvalue weighted by molar-refractivity contribution is 6.17. The molecular formula is C14H21ClN2O. The molecule has 0 saturated carbocycles. The van der Waals surface area contributed by atoms with Crippen molar-refractivity contribution in [3.05, 3.63) is 23.4 Å². The third-order valence-electron chi connectivity index (χ3n) is 3.69. The second kappa shape index (κ2) is 6.39.